The zero-order chi connectivity index (χ0) is 22.9. The number of nitrogens with one attached hydrogen (secondary N) is 1. The maximum absolute atomic E-state index is 12.8. The van der Waals surface area contributed by atoms with Crippen LogP contribution in [0.25, 0.3) is 22.6 Å². The zero-order valence-corrected chi connectivity index (χ0v) is 21.1. The van der Waals surface area contributed by atoms with E-state index in [4.69, 9.17) is 9.15 Å². The van der Waals surface area contributed by atoms with Crippen molar-refractivity contribution in [2.24, 2.45) is 0 Å². The monoisotopic (exact) mass is 556 g/mol. The highest BCUT2D eigenvalue weighted by atomic mass is 79.9. The predicted molar refractivity (Wildman–Crippen MR) is 134 cm³/mol. The van der Waals surface area contributed by atoms with Gasteiger partial charge in [0, 0.05) is 15.7 Å². The Hall–Kier alpha value is -2.64. The molecule has 1 amide bonds. The Morgan fingerprint density at radius 2 is 1.75 bits per heavy atom. The topological polar surface area (TPSA) is 64.4 Å². The highest BCUT2D eigenvalue weighted by Gasteiger charge is 2.30. The Balaban J connectivity index is 1.48. The largest absolute Gasteiger partial charge is 0.478 e. The molecule has 0 fully saturated rings. The van der Waals surface area contributed by atoms with Gasteiger partial charge in [0.2, 0.25) is 5.89 Å². The first kappa shape index (κ1) is 22.6. The van der Waals surface area contributed by atoms with Crippen LogP contribution in [-0.4, -0.2) is 16.5 Å². The molecule has 0 spiro atoms. The molecule has 164 valence electrons. The lowest BCUT2D eigenvalue weighted by molar-refractivity contribution is -0.128. The quantitative estimate of drug-likeness (QED) is 0.268. The molecule has 1 heterocycles. The van der Waals surface area contributed by atoms with Crippen LogP contribution in [0.4, 0.5) is 5.69 Å². The molecule has 0 aliphatic heterocycles. The van der Waals surface area contributed by atoms with Crippen molar-refractivity contribution >= 4 is 54.6 Å². The molecule has 0 atom stereocenters. The number of aromatic nitrogens is 1. The van der Waals surface area contributed by atoms with Crippen LogP contribution in [-0.2, 0) is 11.2 Å². The van der Waals surface area contributed by atoms with E-state index < -0.39 is 5.60 Å². The molecule has 3 aromatic carbocycles. The van der Waals surface area contributed by atoms with E-state index in [-0.39, 0.29) is 5.91 Å². The van der Waals surface area contributed by atoms with Crippen molar-refractivity contribution in [1.29, 1.82) is 0 Å². The van der Waals surface area contributed by atoms with E-state index in [1.54, 1.807) is 13.8 Å². The van der Waals surface area contributed by atoms with Crippen LogP contribution >= 0.6 is 31.9 Å². The number of aryl methyl sites for hydroxylation is 1. The summed E-state index contributed by atoms with van der Waals surface area (Å²) < 4.78 is 13.7. The highest BCUT2D eigenvalue weighted by Crippen LogP contribution is 2.31. The maximum atomic E-state index is 12.8. The van der Waals surface area contributed by atoms with Crippen LogP contribution in [0.3, 0.4) is 0 Å². The Morgan fingerprint density at radius 3 is 2.41 bits per heavy atom. The van der Waals surface area contributed by atoms with Crippen LogP contribution in [0.2, 0.25) is 0 Å². The van der Waals surface area contributed by atoms with Crippen molar-refractivity contribution < 1.29 is 13.9 Å². The van der Waals surface area contributed by atoms with Crippen molar-refractivity contribution in [3.05, 3.63) is 75.2 Å². The number of carbonyl (C=O) groups excluding carboxylic acids is 1. The van der Waals surface area contributed by atoms with Crippen LogP contribution in [0, 0.1) is 0 Å². The lowest BCUT2D eigenvalue weighted by atomic mass is 10.1. The summed E-state index contributed by atoms with van der Waals surface area (Å²) in [4.78, 5) is 17.4. The van der Waals surface area contributed by atoms with E-state index in [1.165, 1.54) is 5.56 Å². The number of anilines is 1. The van der Waals surface area contributed by atoms with E-state index in [0.29, 0.717) is 17.3 Å². The van der Waals surface area contributed by atoms with E-state index in [9.17, 15) is 4.79 Å². The number of hydrogen-bond donors (Lipinski definition) is 1. The van der Waals surface area contributed by atoms with Crippen LogP contribution < -0.4 is 10.1 Å². The van der Waals surface area contributed by atoms with E-state index in [0.717, 1.165) is 32.0 Å². The van der Waals surface area contributed by atoms with Crippen molar-refractivity contribution in [2.75, 3.05) is 5.32 Å². The third-order valence-electron chi connectivity index (χ3n) is 5.04. The molecular weight excluding hydrogens is 536 g/mol. The number of benzene rings is 3. The summed E-state index contributed by atoms with van der Waals surface area (Å²) in [6.07, 6.45) is 0.924. The second-order valence-electron chi connectivity index (χ2n) is 7.90. The van der Waals surface area contributed by atoms with Gasteiger partial charge in [-0.05, 0) is 102 Å². The number of rotatable bonds is 6. The molecule has 0 radical (unpaired) electrons. The number of fused-ring (bicyclic) bond motifs is 1. The normalized spacial score (nSPS) is 11.5. The third kappa shape index (κ3) is 4.89. The van der Waals surface area contributed by atoms with Gasteiger partial charge in [-0.25, -0.2) is 4.98 Å². The number of oxazole rings is 1. The minimum atomic E-state index is -1.05. The molecule has 0 saturated heterocycles. The molecule has 0 bridgehead atoms. The average Bonchev–Trinajstić information content (AvgIpc) is 3.20. The summed E-state index contributed by atoms with van der Waals surface area (Å²) in [6, 6.07) is 18.9. The van der Waals surface area contributed by atoms with Gasteiger partial charge in [0.1, 0.15) is 11.3 Å². The van der Waals surface area contributed by atoms with Gasteiger partial charge >= 0.3 is 0 Å². The van der Waals surface area contributed by atoms with Gasteiger partial charge in [0.05, 0.1) is 4.47 Å². The average molecular weight is 558 g/mol. The lowest BCUT2D eigenvalue weighted by Gasteiger charge is -2.25. The first-order valence-corrected chi connectivity index (χ1v) is 11.8. The van der Waals surface area contributed by atoms with Gasteiger partial charge in [-0.2, -0.15) is 0 Å². The standard InChI is InChI=1S/C25H22Br2N2O3/c1-4-15-13-20(27)22-21(14-15)29-23(31-22)16-5-9-18(10-6-16)28-24(30)25(2,3)32-19-11-7-17(26)8-12-19/h5-14H,4H2,1-3H3,(H,28,30). The Labute approximate surface area is 203 Å². The van der Waals surface area contributed by atoms with E-state index in [1.807, 2.05) is 60.7 Å². The van der Waals surface area contributed by atoms with Crippen molar-refractivity contribution in [3.63, 3.8) is 0 Å². The van der Waals surface area contributed by atoms with Gasteiger partial charge in [-0.3, -0.25) is 4.79 Å². The number of amides is 1. The molecule has 5 nitrogen and oxygen atoms in total. The Bertz CT molecular complexity index is 1260. The number of hydrogen-bond acceptors (Lipinski definition) is 4. The summed E-state index contributed by atoms with van der Waals surface area (Å²) in [5.74, 6) is 0.911. The molecule has 0 aliphatic carbocycles. The number of halogens is 2. The first-order valence-electron chi connectivity index (χ1n) is 10.2. The van der Waals surface area contributed by atoms with Gasteiger partial charge in [0.15, 0.2) is 11.2 Å². The zero-order valence-electron chi connectivity index (χ0n) is 17.9. The number of carbonyl (C=O) groups is 1. The molecule has 1 N–H and O–H groups in total. The third-order valence-corrected chi connectivity index (χ3v) is 6.15. The molecule has 0 saturated carbocycles. The molecule has 32 heavy (non-hydrogen) atoms. The fourth-order valence-electron chi connectivity index (χ4n) is 3.20. The molecule has 0 aliphatic rings. The second kappa shape index (κ2) is 9.08. The Kier molecular flexibility index (Phi) is 6.40. The van der Waals surface area contributed by atoms with Crippen LogP contribution in [0.1, 0.15) is 26.3 Å². The van der Waals surface area contributed by atoms with Gasteiger partial charge in [-0.1, -0.05) is 22.9 Å². The van der Waals surface area contributed by atoms with Crippen molar-refractivity contribution in [2.45, 2.75) is 32.8 Å². The van der Waals surface area contributed by atoms with E-state index >= 15 is 0 Å². The van der Waals surface area contributed by atoms with E-state index in [2.05, 4.69) is 49.1 Å². The minimum absolute atomic E-state index is 0.244. The molecule has 4 aromatic rings. The number of ether oxygens (including phenoxy) is 1. The van der Waals surface area contributed by atoms with Crippen molar-refractivity contribution in [1.82, 2.24) is 4.98 Å². The molecule has 7 heteroatoms. The number of nitrogens with zero attached hydrogens (tertiary/aromatic N) is 1. The lowest BCUT2D eigenvalue weighted by Crippen LogP contribution is -2.42. The summed E-state index contributed by atoms with van der Waals surface area (Å²) in [6.45, 7) is 5.58. The smallest absolute Gasteiger partial charge is 0.267 e. The molecule has 1 aromatic heterocycles. The summed E-state index contributed by atoms with van der Waals surface area (Å²) in [5.41, 5.74) is 3.18. The minimum Gasteiger partial charge on any atom is -0.478 e. The SMILES string of the molecule is CCc1cc(Br)c2oc(-c3ccc(NC(=O)C(C)(C)Oc4ccc(Br)cc4)cc3)nc2c1. The first-order chi connectivity index (χ1) is 15.2. The fourth-order valence-corrected chi connectivity index (χ4v) is 4.04. The summed E-state index contributed by atoms with van der Waals surface area (Å²) in [7, 11) is 0. The van der Waals surface area contributed by atoms with Crippen LogP contribution in [0.15, 0.2) is 74.0 Å². The highest BCUT2D eigenvalue weighted by molar-refractivity contribution is 9.11. The molecular formula is C25H22Br2N2O3. The predicted octanol–water partition coefficient (Wildman–Crippen LogP) is 7.38. The van der Waals surface area contributed by atoms with Gasteiger partial charge in [-0.15, -0.1) is 0 Å². The Morgan fingerprint density at radius 1 is 1.06 bits per heavy atom. The van der Waals surface area contributed by atoms with Crippen LogP contribution in [0.5, 0.6) is 5.75 Å². The summed E-state index contributed by atoms with van der Waals surface area (Å²) in [5, 5.41) is 2.91. The summed E-state index contributed by atoms with van der Waals surface area (Å²) >= 11 is 6.96. The van der Waals surface area contributed by atoms with Crippen molar-refractivity contribution in [3.8, 4) is 17.2 Å². The molecule has 4 rings (SSSR count). The fraction of sp³-hybridized carbons (Fsp3) is 0.200. The van der Waals surface area contributed by atoms with Gasteiger partial charge in [0.25, 0.3) is 5.91 Å². The maximum Gasteiger partial charge on any atom is 0.267 e. The second-order valence-corrected chi connectivity index (χ2v) is 9.67. The molecule has 0 unspecified atom stereocenters. The van der Waals surface area contributed by atoms with Gasteiger partial charge < -0.3 is 14.5 Å².